The van der Waals surface area contributed by atoms with Crippen molar-refractivity contribution in [1.82, 2.24) is 4.72 Å². The molecule has 0 heterocycles. The molecule has 0 amide bonds. The smallest absolute Gasteiger partial charge is 0.207 e. The van der Waals surface area contributed by atoms with Crippen LogP contribution >= 0.6 is 0 Å². The van der Waals surface area contributed by atoms with E-state index in [-0.39, 0.29) is 10.9 Å². The highest BCUT2D eigenvalue weighted by Crippen LogP contribution is 2.15. The van der Waals surface area contributed by atoms with Crippen molar-refractivity contribution < 1.29 is 8.42 Å². The summed E-state index contributed by atoms with van der Waals surface area (Å²) in [5.41, 5.74) is 5.65. The molecule has 0 aliphatic heterocycles. The van der Waals surface area contributed by atoms with E-state index in [1.165, 1.54) is 0 Å². The average Bonchev–Trinajstić information content (AvgIpc) is 2.54. The number of nitrogens with one attached hydrogen (secondary N) is 1. The van der Waals surface area contributed by atoms with Crippen LogP contribution in [0, 0.1) is 6.92 Å². The molecule has 0 saturated heterocycles. The fourth-order valence-corrected chi connectivity index (χ4v) is 3.49. The summed E-state index contributed by atoms with van der Waals surface area (Å²) in [5.74, 6) is 0. The molecule has 0 saturated carbocycles. The largest absolute Gasteiger partial charge is 0.241 e. The number of sulfonamides is 1. The number of benzene rings is 2. The predicted octanol–water partition coefficient (Wildman–Crippen LogP) is 3.62. The highest BCUT2D eigenvalue weighted by molar-refractivity contribution is 7.89. The first kappa shape index (κ1) is 17.2. The SMILES string of the molecule is C=C=C(C)C(Cc1ccccc1)NS(=O)(=O)c1ccc(C)cc1. The summed E-state index contributed by atoms with van der Waals surface area (Å²) >= 11 is 0. The standard InChI is InChI=1S/C19H21NO2S/c1-4-16(3)19(14-17-8-6-5-7-9-17)20-23(21,22)18-12-10-15(2)11-13-18/h5-13,19-20H,1,14H2,2-3H3. The van der Waals surface area contributed by atoms with Crippen molar-refractivity contribution in [1.29, 1.82) is 0 Å². The average molecular weight is 327 g/mol. The van der Waals surface area contributed by atoms with Gasteiger partial charge in [-0.3, -0.25) is 0 Å². The molecule has 1 N–H and O–H groups in total. The minimum absolute atomic E-state index is 0.262. The number of hydrogen-bond donors (Lipinski definition) is 1. The summed E-state index contributed by atoms with van der Waals surface area (Å²) in [4.78, 5) is 0.262. The van der Waals surface area contributed by atoms with E-state index in [1.54, 1.807) is 24.3 Å². The Morgan fingerprint density at radius 3 is 2.30 bits per heavy atom. The van der Waals surface area contributed by atoms with Crippen LogP contribution in [0.25, 0.3) is 0 Å². The third kappa shape index (κ3) is 4.67. The first-order valence-electron chi connectivity index (χ1n) is 7.42. The van der Waals surface area contributed by atoms with Crippen molar-refractivity contribution in [3.05, 3.63) is 83.6 Å². The minimum atomic E-state index is -3.59. The van der Waals surface area contributed by atoms with Gasteiger partial charge in [-0.2, -0.15) is 0 Å². The summed E-state index contributed by atoms with van der Waals surface area (Å²) in [6.07, 6.45) is 0.556. The van der Waals surface area contributed by atoms with Crippen LogP contribution in [0.3, 0.4) is 0 Å². The van der Waals surface area contributed by atoms with Crippen LogP contribution < -0.4 is 4.72 Å². The molecule has 1 atom stereocenters. The van der Waals surface area contributed by atoms with E-state index in [0.717, 1.165) is 16.7 Å². The molecule has 0 aliphatic carbocycles. The number of aryl methyl sites for hydroxylation is 1. The van der Waals surface area contributed by atoms with Crippen LogP contribution in [-0.2, 0) is 16.4 Å². The predicted molar refractivity (Wildman–Crippen MR) is 93.8 cm³/mol. The Morgan fingerprint density at radius 1 is 1.13 bits per heavy atom. The van der Waals surface area contributed by atoms with Crippen molar-refractivity contribution in [3.63, 3.8) is 0 Å². The minimum Gasteiger partial charge on any atom is -0.207 e. The van der Waals surface area contributed by atoms with E-state index < -0.39 is 10.0 Å². The lowest BCUT2D eigenvalue weighted by molar-refractivity contribution is 0.565. The van der Waals surface area contributed by atoms with Gasteiger partial charge in [-0.05, 0) is 43.5 Å². The fraction of sp³-hybridized carbons (Fsp3) is 0.211. The van der Waals surface area contributed by atoms with Gasteiger partial charge in [-0.1, -0.05) is 54.6 Å². The molecule has 0 bridgehead atoms. The normalized spacial score (nSPS) is 12.4. The van der Waals surface area contributed by atoms with Crippen molar-refractivity contribution in [2.75, 3.05) is 0 Å². The molecule has 0 fully saturated rings. The van der Waals surface area contributed by atoms with Gasteiger partial charge >= 0.3 is 0 Å². The van der Waals surface area contributed by atoms with Gasteiger partial charge in [-0.15, -0.1) is 5.73 Å². The lowest BCUT2D eigenvalue weighted by Gasteiger charge is -2.19. The molecule has 4 heteroatoms. The molecule has 120 valence electrons. The molecule has 2 aromatic rings. The second-order valence-corrected chi connectivity index (χ2v) is 7.25. The molecule has 2 aromatic carbocycles. The number of rotatable bonds is 6. The molecule has 2 rings (SSSR count). The van der Waals surface area contributed by atoms with Crippen LogP contribution in [0.2, 0.25) is 0 Å². The van der Waals surface area contributed by atoms with Crippen molar-refractivity contribution in [3.8, 4) is 0 Å². The highest BCUT2D eigenvalue weighted by atomic mass is 32.2. The molecule has 3 nitrogen and oxygen atoms in total. The molecular weight excluding hydrogens is 306 g/mol. The van der Waals surface area contributed by atoms with E-state index >= 15 is 0 Å². The lowest BCUT2D eigenvalue weighted by atomic mass is 10.0. The third-order valence-electron chi connectivity index (χ3n) is 3.71. The Labute approximate surface area is 138 Å². The summed E-state index contributed by atoms with van der Waals surface area (Å²) in [7, 11) is -3.59. The zero-order valence-corrected chi connectivity index (χ0v) is 14.2. The van der Waals surface area contributed by atoms with Gasteiger partial charge in [0, 0.05) is 0 Å². The van der Waals surface area contributed by atoms with Gasteiger partial charge in [-0.25, -0.2) is 13.1 Å². The summed E-state index contributed by atoms with van der Waals surface area (Å²) in [6, 6.07) is 16.2. The van der Waals surface area contributed by atoms with E-state index in [4.69, 9.17) is 0 Å². The van der Waals surface area contributed by atoms with Crippen LogP contribution in [0.1, 0.15) is 18.1 Å². The molecule has 1 unspecified atom stereocenters. The quantitative estimate of drug-likeness (QED) is 0.824. The van der Waals surface area contributed by atoms with Crippen LogP contribution in [0.4, 0.5) is 0 Å². The van der Waals surface area contributed by atoms with Crippen molar-refractivity contribution >= 4 is 10.0 Å². The Hall–Kier alpha value is -2.13. The Kier molecular flexibility index (Phi) is 5.56. The zero-order valence-electron chi connectivity index (χ0n) is 13.4. The Morgan fingerprint density at radius 2 is 1.74 bits per heavy atom. The second kappa shape index (κ2) is 7.42. The fourth-order valence-electron chi connectivity index (χ4n) is 2.23. The van der Waals surface area contributed by atoms with Crippen molar-refractivity contribution in [2.45, 2.75) is 31.2 Å². The van der Waals surface area contributed by atoms with Crippen LogP contribution in [-0.4, -0.2) is 14.5 Å². The van der Waals surface area contributed by atoms with Crippen LogP contribution in [0.5, 0.6) is 0 Å². The van der Waals surface area contributed by atoms with E-state index in [1.807, 2.05) is 44.2 Å². The summed E-state index contributed by atoms with van der Waals surface area (Å²) in [6.45, 7) is 7.40. The second-order valence-electron chi connectivity index (χ2n) is 5.54. The topological polar surface area (TPSA) is 46.2 Å². The number of hydrogen-bond acceptors (Lipinski definition) is 2. The van der Waals surface area contributed by atoms with E-state index in [0.29, 0.717) is 6.42 Å². The molecule has 0 aromatic heterocycles. The van der Waals surface area contributed by atoms with Gasteiger partial charge in [0.25, 0.3) is 0 Å². The molecular formula is C19H21NO2S. The third-order valence-corrected chi connectivity index (χ3v) is 5.20. The maximum absolute atomic E-state index is 12.6. The molecule has 0 radical (unpaired) electrons. The van der Waals surface area contributed by atoms with Gasteiger partial charge in [0.05, 0.1) is 10.9 Å². The first-order chi connectivity index (χ1) is 10.9. The molecule has 23 heavy (non-hydrogen) atoms. The monoisotopic (exact) mass is 327 g/mol. The van der Waals surface area contributed by atoms with Gasteiger partial charge in [0.2, 0.25) is 10.0 Å². The molecule has 0 spiro atoms. The maximum Gasteiger partial charge on any atom is 0.241 e. The summed E-state index contributed by atoms with van der Waals surface area (Å²) in [5, 5.41) is 0. The maximum atomic E-state index is 12.6. The van der Waals surface area contributed by atoms with Crippen LogP contribution in [0.15, 0.2) is 77.4 Å². The van der Waals surface area contributed by atoms with Crippen molar-refractivity contribution in [2.24, 2.45) is 0 Å². The lowest BCUT2D eigenvalue weighted by Crippen LogP contribution is -2.37. The molecule has 0 aliphatic rings. The first-order valence-corrected chi connectivity index (χ1v) is 8.90. The highest BCUT2D eigenvalue weighted by Gasteiger charge is 2.21. The summed E-state index contributed by atoms with van der Waals surface area (Å²) < 4.78 is 27.9. The Bertz CT molecular complexity index is 802. The van der Waals surface area contributed by atoms with Gasteiger partial charge in [0.15, 0.2) is 0 Å². The Balaban J connectivity index is 2.27. The van der Waals surface area contributed by atoms with E-state index in [2.05, 4.69) is 17.0 Å². The zero-order chi connectivity index (χ0) is 16.9. The van der Waals surface area contributed by atoms with E-state index in [9.17, 15) is 8.42 Å². The van der Waals surface area contributed by atoms with Gasteiger partial charge < -0.3 is 0 Å². The van der Waals surface area contributed by atoms with Gasteiger partial charge in [0.1, 0.15) is 0 Å².